The van der Waals surface area contributed by atoms with Crippen LogP contribution in [0, 0.1) is 0 Å². The molecule has 0 saturated heterocycles. The first-order valence-corrected chi connectivity index (χ1v) is 13.8. The van der Waals surface area contributed by atoms with E-state index in [1.165, 1.54) is 11.0 Å². The summed E-state index contributed by atoms with van der Waals surface area (Å²) in [5, 5.41) is 3.80. The van der Waals surface area contributed by atoms with E-state index < -0.39 is 68.0 Å². The van der Waals surface area contributed by atoms with Gasteiger partial charge in [0.2, 0.25) is 6.33 Å². The van der Waals surface area contributed by atoms with Gasteiger partial charge in [0.25, 0.3) is 6.33 Å². The van der Waals surface area contributed by atoms with Crippen molar-refractivity contribution in [1.82, 2.24) is 9.78 Å². The monoisotopic (exact) mass is 694 g/mol. The molecule has 1 rings (SSSR count). The van der Waals surface area contributed by atoms with Crippen LogP contribution < -0.4 is 4.57 Å². The molecule has 0 aliphatic carbocycles. The fourth-order valence-corrected chi connectivity index (χ4v) is 4.23. The smallest absolute Gasteiger partial charge is 0.421 e. The molecular formula is C17H21F15N4O4S2. The molecule has 0 spiro atoms. The molecule has 0 bridgehead atoms. The third-order valence-electron chi connectivity index (χ3n) is 4.80. The van der Waals surface area contributed by atoms with Gasteiger partial charge in [-0.2, -0.15) is 65.9 Å². The van der Waals surface area contributed by atoms with Crippen molar-refractivity contribution in [2.45, 2.75) is 93.5 Å². The highest BCUT2D eigenvalue weighted by atomic mass is 32.3. The molecule has 0 radical (unpaired) electrons. The van der Waals surface area contributed by atoms with E-state index in [4.69, 9.17) is 0 Å². The van der Waals surface area contributed by atoms with Crippen LogP contribution in [0.5, 0.6) is 0 Å². The molecule has 1 aromatic rings. The molecule has 25 heteroatoms. The Kier molecular flexibility index (Phi) is 13.0. The lowest BCUT2D eigenvalue weighted by molar-refractivity contribution is -0.701. The number of rotatable bonds is 13. The van der Waals surface area contributed by atoms with Crippen molar-refractivity contribution in [3.63, 3.8) is 0 Å². The second kappa shape index (κ2) is 13.7. The third kappa shape index (κ3) is 10.3. The van der Waals surface area contributed by atoms with Crippen LogP contribution >= 0.6 is 0 Å². The first-order valence-electron chi connectivity index (χ1n) is 11.0. The second-order valence-electron chi connectivity index (χ2n) is 8.18. The molecule has 8 nitrogen and oxygen atoms in total. The normalized spacial score (nSPS) is 14.5. The Morgan fingerprint density at radius 2 is 1.17 bits per heavy atom. The van der Waals surface area contributed by atoms with E-state index in [1.54, 1.807) is 0 Å². The summed E-state index contributed by atoms with van der Waals surface area (Å²) in [7, 11) is -13.4. The van der Waals surface area contributed by atoms with Crippen molar-refractivity contribution in [3.05, 3.63) is 16.8 Å². The van der Waals surface area contributed by atoms with E-state index in [0.29, 0.717) is 6.54 Å². The molecule has 1 aromatic heterocycles. The SMILES string of the molecule is CCCCCCCn1c[n+](CCC(F)(F)C(F)(F)C(F)(F)C(F)(F)F)cn1.O=S(=O)([N-]S(=O)(=O)C(F)(F)F)C(F)(F)F. The number of nitrogens with zero attached hydrogens (tertiary/aromatic N) is 4. The largest absolute Gasteiger partial charge is 0.480 e. The molecule has 0 amide bonds. The van der Waals surface area contributed by atoms with Gasteiger partial charge in [0.05, 0.1) is 6.54 Å². The summed E-state index contributed by atoms with van der Waals surface area (Å²) in [5.41, 5.74) is -12.4. The maximum atomic E-state index is 13.5. The van der Waals surface area contributed by atoms with E-state index in [0.717, 1.165) is 47.1 Å². The summed E-state index contributed by atoms with van der Waals surface area (Å²) in [6.45, 7) is 1.59. The zero-order valence-electron chi connectivity index (χ0n) is 20.7. The molecule has 0 saturated carbocycles. The number of hydrogen-bond donors (Lipinski definition) is 0. The van der Waals surface area contributed by atoms with Crippen LogP contribution in [0.25, 0.3) is 4.13 Å². The van der Waals surface area contributed by atoms with Crippen molar-refractivity contribution in [3.8, 4) is 0 Å². The van der Waals surface area contributed by atoms with E-state index in [1.807, 2.05) is 6.92 Å². The van der Waals surface area contributed by atoms with Gasteiger partial charge in [-0.25, -0.2) is 21.4 Å². The number of sulfonamides is 2. The highest BCUT2D eigenvalue weighted by Gasteiger charge is 2.81. The lowest BCUT2D eigenvalue weighted by Gasteiger charge is -2.33. The van der Waals surface area contributed by atoms with Gasteiger partial charge in [-0.05, 0) is 6.42 Å². The number of halogens is 15. The highest BCUT2D eigenvalue weighted by Crippen LogP contribution is 2.54. The molecule has 0 fully saturated rings. The molecule has 0 unspecified atom stereocenters. The summed E-state index contributed by atoms with van der Waals surface area (Å²) in [6.07, 6.45) is -1.71. The molecule has 250 valence electrons. The van der Waals surface area contributed by atoms with Crippen LogP contribution in [0.2, 0.25) is 0 Å². The number of hydrogen-bond acceptors (Lipinski definition) is 5. The van der Waals surface area contributed by atoms with E-state index >= 15 is 0 Å². The number of unbranched alkanes of at least 4 members (excludes halogenated alkanes) is 4. The van der Waals surface area contributed by atoms with Crippen LogP contribution in [0.4, 0.5) is 65.9 Å². The Balaban J connectivity index is 0.000000951. The zero-order chi connectivity index (χ0) is 33.6. The van der Waals surface area contributed by atoms with Crippen LogP contribution in [0.1, 0.15) is 45.4 Å². The van der Waals surface area contributed by atoms with Gasteiger partial charge >= 0.3 is 35.0 Å². The van der Waals surface area contributed by atoms with Crippen molar-refractivity contribution in [2.24, 2.45) is 0 Å². The molecule has 0 aliphatic rings. The first-order chi connectivity index (χ1) is 18.5. The molecule has 1 heterocycles. The van der Waals surface area contributed by atoms with Crippen molar-refractivity contribution >= 4 is 20.0 Å². The maximum Gasteiger partial charge on any atom is 0.480 e. The highest BCUT2D eigenvalue weighted by molar-refractivity contribution is 8.13. The zero-order valence-corrected chi connectivity index (χ0v) is 22.4. The lowest BCUT2D eigenvalue weighted by atomic mass is 10.0. The van der Waals surface area contributed by atoms with Gasteiger partial charge in [-0.1, -0.05) is 32.6 Å². The van der Waals surface area contributed by atoms with Crippen LogP contribution in [0.15, 0.2) is 12.7 Å². The average Bonchev–Trinajstić information content (AvgIpc) is 3.22. The predicted octanol–water partition coefficient (Wildman–Crippen LogP) is 6.06. The topological polar surface area (TPSA) is 104 Å². The first kappa shape index (κ1) is 40.0. The van der Waals surface area contributed by atoms with E-state index in [-0.39, 0.29) is 0 Å². The fraction of sp³-hybridized carbons (Fsp3) is 0.882. The van der Waals surface area contributed by atoms with Gasteiger partial charge in [-0.3, -0.25) is 0 Å². The maximum absolute atomic E-state index is 13.5. The fourth-order valence-electron chi connectivity index (χ4n) is 2.52. The third-order valence-corrected chi connectivity index (χ3v) is 7.54. The summed E-state index contributed by atoms with van der Waals surface area (Å²) in [6, 6.07) is 0. The number of aryl methyl sites for hydroxylation is 2. The van der Waals surface area contributed by atoms with Gasteiger partial charge in [-0.15, -0.1) is 4.68 Å². The second-order valence-corrected chi connectivity index (χ2v) is 11.6. The minimum Gasteiger partial charge on any atom is -0.421 e. The van der Waals surface area contributed by atoms with Gasteiger partial charge in [0.15, 0.2) is 20.0 Å². The van der Waals surface area contributed by atoms with Gasteiger partial charge in [0, 0.05) is 11.5 Å². The molecular weight excluding hydrogens is 673 g/mol. The average molecular weight is 694 g/mol. The molecule has 0 N–H and O–H groups in total. The van der Waals surface area contributed by atoms with E-state index in [9.17, 15) is 82.7 Å². The summed E-state index contributed by atoms with van der Waals surface area (Å²) >= 11 is 0. The Morgan fingerprint density at radius 3 is 1.57 bits per heavy atom. The minimum absolute atomic E-state index is 0.440. The van der Waals surface area contributed by atoms with E-state index in [2.05, 4.69) is 5.10 Å². The standard InChI is InChI=1S/C15H21F9N3.C2F6NO4S2/c1-2-3-4-5-6-8-27-11-26(10-25-27)9-7-12(16,17)13(18,19)14(20,21)15(22,23)24;3-1(4,5)14(10,11)9-15(12,13)2(6,7)8/h10-11H,2-9H2,1H3;/q+1;-1. The summed E-state index contributed by atoms with van der Waals surface area (Å²) in [4.78, 5) is 0. The molecule has 0 atom stereocenters. The Hall–Kier alpha value is -2.05. The Bertz CT molecular complexity index is 1170. The van der Waals surface area contributed by atoms with Crippen LogP contribution in [0.3, 0.4) is 0 Å². The minimum atomic E-state index is -6.85. The lowest BCUT2D eigenvalue weighted by Crippen LogP contribution is -2.61. The summed E-state index contributed by atoms with van der Waals surface area (Å²) < 4.78 is 226. The Labute approximate surface area is 228 Å². The van der Waals surface area contributed by atoms with Crippen LogP contribution in [-0.2, 0) is 33.1 Å². The van der Waals surface area contributed by atoms with Crippen molar-refractivity contribution in [1.29, 1.82) is 0 Å². The molecule has 0 aromatic carbocycles. The molecule has 42 heavy (non-hydrogen) atoms. The Morgan fingerprint density at radius 1 is 0.714 bits per heavy atom. The predicted molar refractivity (Wildman–Crippen MR) is 110 cm³/mol. The molecule has 0 aliphatic heterocycles. The van der Waals surface area contributed by atoms with Crippen molar-refractivity contribution < 1.29 is 87.3 Å². The van der Waals surface area contributed by atoms with Gasteiger partial charge < -0.3 is 4.13 Å². The van der Waals surface area contributed by atoms with Crippen LogP contribution in [-0.4, -0.2) is 61.6 Å². The number of aromatic nitrogens is 3. The summed E-state index contributed by atoms with van der Waals surface area (Å²) in [5.74, 6) is -19.0. The van der Waals surface area contributed by atoms with Crippen molar-refractivity contribution in [2.75, 3.05) is 0 Å². The quantitative estimate of drug-likeness (QED) is 0.142. The van der Waals surface area contributed by atoms with Gasteiger partial charge in [0.1, 0.15) is 6.54 Å². The number of alkyl halides is 15.